The van der Waals surface area contributed by atoms with Gasteiger partial charge in [0.2, 0.25) is 0 Å². The van der Waals surface area contributed by atoms with E-state index in [1.807, 2.05) is 0 Å². The number of hydrogen-bond acceptors (Lipinski definition) is 3. The molecule has 3 fully saturated rings. The Morgan fingerprint density at radius 3 is 2.69 bits per heavy atom. The van der Waals surface area contributed by atoms with Crippen LogP contribution in [0, 0.1) is 34.5 Å². The monoisotopic (exact) mass is 358 g/mol. The van der Waals surface area contributed by atoms with Gasteiger partial charge in [0, 0.05) is 12.8 Å². The fraction of sp³-hybridized carbons (Fsp3) is 0.783. The normalized spacial score (nSPS) is 50.1. The Balaban J connectivity index is 1.76. The molecule has 0 aromatic heterocycles. The predicted molar refractivity (Wildman–Crippen MR) is 102 cm³/mol. The Kier molecular flexibility index (Phi) is 4.38. The number of ether oxygens (including phenoxy) is 1. The van der Waals surface area contributed by atoms with Crippen LogP contribution in [0.5, 0.6) is 0 Å². The molecule has 0 bridgehead atoms. The highest BCUT2D eigenvalue weighted by Gasteiger charge is 2.60. The predicted octanol–water partition coefficient (Wildman–Crippen LogP) is 4.65. The molecular weight excluding hydrogens is 324 g/mol. The summed E-state index contributed by atoms with van der Waals surface area (Å²) in [5, 5.41) is 10.2. The number of hydrogen-bond donors (Lipinski definition) is 1. The summed E-state index contributed by atoms with van der Waals surface area (Å²) >= 11 is 0. The fourth-order valence-corrected chi connectivity index (χ4v) is 7.34. The first-order valence-corrected chi connectivity index (χ1v) is 10.5. The van der Waals surface area contributed by atoms with Gasteiger partial charge in [-0.3, -0.25) is 4.79 Å². The zero-order valence-electron chi connectivity index (χ0n) is 16.5. The van der Waals surface area contributed by atoms with Crippen molar-refractivity contribution in [1.29, 1.82) is 0 Å². The van der Waals surface area contributed by atoms with Crippen LogP contribution in [-0.4, -0.2) is 23.3 Å². The zero-order valence-corrected chi connectivity index (χ0v) is 16.5. The van der Waals surface area contributed by atoms with Crippen molar-refractivity contribution in [2.45, 2.75) is 77.9 Å². The van der Waals surface area contributed by atoms with Crippen molar-refractivity contribution in [3.05, 3.63) is 24.3 Å². The average molecular weight is 359 g/mol. The smallest absolute Gasteiger partial charge is 0.303 e. The molecule has 144 valence electrons. The molecule has 4 aliphatic rings. The molecule has 3 nitrogen and oxygen atoms in total. The van der Waals surface area contributed by atoms with E-state index in [1.165, 1.54) is 38.2 Å². The SMILES string of the molecule is C=C[C@H]1CCC2C3C(CC[C@@]21C)[C@@]1(C)CC[C@H](O)CC1=C[C@H]3OC(C)=O. The Bertz CT molecular complexity index is 637. The minimum atomic E-state index is -0.241. The van der Waals surface area contributed by atoms with Crippen molar-refractivity contribution >= 4 is 5.97 Å². The van der Waals surface area contributed by atoms with E-state index in [9.17, 15) is 9.90 Å². The van der Waals surface area contributed by atoms with E-state index in [0.29, 0.717) is 23.7 Å². The Morgan fingerprint density at radius 1 is 1.23 bits per heavy atom. The number of fused-ring (bicyclic) bond motifs is 5. The molecule has 0 heterocycles. The van der Waals surface area contributed by atoms with E-state index in [2.05, 4.69) is 32.6 Å². The fourth-order valence-electron chi connectivity index (χ4n) is 7.34. The number of aliphatic hydroxyl groups excluding tert-OH is 1. The van der Waals surface area contributed by atoms with Gasteiger partial charge < -0.3 is 9.84 Å². The lowest BCUT2D eigenvalue weighted by Gasteiger charge is -2.59. The van der Waals surface area contributed by atoms with Gasteiger partial charge in [0.15, 0.2) is 0 Å². The van der Waals surface area contributed by atoms with Gasteiger partial charge in [-0.05, 0) is 79.6 Å². The van der Waals surface area contributed by atoms with E-state index in [-0.39, 0.29) is 29.0 Å². The maximum absolute atomic E-state index is 11.9. The van der Waals surface area contributed by atoms with Crippen molar-refractivity contribution in [2.24, 2.45) is 34.5 Å². The summed E-state index contributed by atoms with van der Waals surface area (Å²) in [5.41, 5.74) is 1.79. The summed E-state index contributed by atoms with van der Waals surface area (Å²) in [5.74, 6) is 1.96. The third-order valence-electron chi connectivity index (χ3n) is 8.74. The topological polar surface area (TPSA) is 46.5 Å². The van der Waals surface area contributed by atoms with E-state index < -0.39 is 0 Å². The van der Waals surface area contributed by atoms with Crippen LogP contribution in [-0.2, 0) is 9.53 Å². The van der Waals surface area contributed by atoms with Gasteiger partial charge in [0.1, 0.15) is 6.10 Å². The summed E-state index contributed by atoms with van der Waals surface area (Å²) in [4.78, 5) is 11.9. The van der Waals surface area contributed by atoms with E-state index in [4.69, 9.17) is 4.74 Å². The molecule has 26 heavy (non-hydrogen) atoms. The first-order chi connectivity index (χ1) is 12.3. The van der Waals surface area contributed by atoms with E-state index in [0.717, 1.165) is 19.3 Å². The molecule has 1 N–H and O–H groups in total. The molecule has 0 spiro atoms. The van der Waals surface area contributed by atoms with Crippen molar-refractivity contribution < 1.29 is 14.6 Å². The summed E-state index contributed by atoms with van der Waals surface area (Å²) in [7, 11) is 0. The molecule has 0 aliphatic heterocycles. The molecular formula is C23H34O3. The van der Waals surface area contributed by atoms with Crippen LogP contribution in [0.4, 0.5) is 0 Å². The molecule has 4 rings (SSSR count). The molecule has 0 aromatic carbocycles. The third kappa shape index (κ3) is 2.53. The highest BCUT2D eigenvalue weighted by atomic mass is 16.5. The van der Waals surface area contributed by atoms with Crippen LogP contribution in [0.25, 0.3) is 0 Å². The standard InChI is InChI=1S/C23H34O3/c1-5-15-6-7-18-21-19(9-11-22(15,18)3)23(4)10-8-17(25)12-16(23)13-20(21)26-14(2)24/h5,13,15,17-21,25H,1,6-12H2,2-4H3/t15-,17-,18?,19?,20+,21?,22+,23-/m0/s1. The van der Waals surface area contributed by atoms with Gasteiger partial charge in [-0.1, -0.05) is 25.5 Å². The quantitative estimate of drug-likeness (QED) is 0.577. The molecule has 0 radical (unpaired) electrons. The van der Waals surface area contributed by atoms with Gasteiger partial charge in [-0.25, -0.2) is 0 Å². The highest BCUT2D eigenvalue weighted by Crippen LogP contribution is 2.66. The second-order valence-corrected chi connectivity index (χ2v) is 9.83. The maximum Gasteiger partial charge on any atom is 0.303 e. The van der Waals surface area contributed by atoms with E-state index in [1.54, 1.807) is 0 Å². The maximum atomic E-state index is 11.9. The van der Waals surface area contributed by atoms with Crippen LogP contribution in [0.15, 0.2) is 24.3 Å². The molecule has 3 heteroatoms. The van der Waals surface area contributed by atoms with Crippen molar-refractivity contribution in [1.82, 2.24) is 0 Å². The summed E-state index contributed by atoms with van der Waals surface area (Å²) in [6.07, 6.45) is 11.6. The number of carbonyl (C=O) groups is 1. The number of allylic oxidation sites excluding steroid dienone is 1. The second-order valence-electron chi connectivity index (χ2n) is 9.83. The molecule has 0 saturated heterocycles. The van der Waals surface area contributed by atoms with Crippen LogP contribution >= 0.6 is 0 Å². The van der Waals surface area contributed by atoms with E-state index >= 15 is 0 Å². The molecule has 3 saturated carbocycles. The molecule has 4 aliphatic carbocycles. The van der Waals surface area contributed by atoms with Crippen LogP contribution in [0.3, 0.4) is 0 Å². The summed E-state index contributed by atoms with van der Waals surface area (Å²) in [6.45, 7) is 10.5. The number of esters is 1. The average Bonchev–Trinajstić information content (AvgIpc) is 2.92. The molecule has 3 unspecified atom stereocenters. The Labute approximate surface area is 157 Å². The number of rotatable bonds is 2. The molecule has 0 amide bonds. The first-order valence-electron chi connectivity index (χ1n) is 10.5. The molecule has 8 atom stereocenters. The third-order valence-corrected chi connectivity index (χ3v) is 8.74. The van der Waals surface area contributed by atoms with Gasteiger partial charge in [0.25, 0.3) is 0 Å². The minimum absolute atomic E-state index is 0.126. The second kappa shape index (κ2) is 6.22. The summed E-state index contributed by atoms with van der Waals surface area (Å²) in [6, 6.07) is 0. The van der Waals surface area contributed by atoms with Gasteiger partial charge in [-0.2, -0.15) is 0 Å². The van der Waals surface area contributed by atoms with Crippen molar-refractivity contribution in [2.75, 3.05) is 0 Å². The lowest BCUT2D eigenvalue weighted by atomic mass is 9.46. The minimum Gasteiger partial charge on any atom is -0.458 e. The number of aliphatic hydroxyl groups is 1. The largest absolute Gasteiger partial charge is 0.458 e. The van der Waals surface area contributed by atoms with Crippen molar-refractivity contribution in [3.63, 3.8) is 0 Å². The highest BCUT2D eigenvalue weighted by molar-refractivity contribution is 5.66. The first kappa shape index (κ1) is 18.3. The number of carbonyl (C=O) groups excluding carboxylic acids is 1. The van der Waals surface area contributed by atoms with Crippen molar-refractivity contribution in [3.8, 4) is 0 Å². The zero-order chi connectivity index (χ0) is 18.7. The molecule has 0 aromatic rings. The summed E-state index contributed by atoms with van der Waals surface area (Å²) < 4.78 is 5.89. The van der Waals surface area contributed by atoms with Gasteiger partial charge in [0.05, 0.1) is 6.10 Å². The van der Waals surface area contributed by atoms with Crippen LogP contribution < -0.4 is 0 Å². The van der Waals surface area contributed by atoms with Gasteiger partial charge >= 0.3 is 5.97 Å². The lowest BCUT2D eigenvalue weighted by molar-refractivity contribution is -0.157. The Hall–Kier alpha value is -1.09. The van der Waals surface area contributed by atoms with Crippen LogP contribution in [0.2, 0.25) is 0 Å². The van der Waals surface area contributed by atoms with Gasteiger partial charge in [-0.15, -0.1) is 6.58 Å². The Morgan fingerprint density at radius 2 is 2.00 bits per heavy atom. The van der Waals surface area contributed by atoms with Crippen LogP contribution in [0.1, 0.15) is 65.7 Å². The lowest BCUT2D eigenvalue weighted by Crippen LogP contribution is -2.55.